The van der Waals surface area contributed by atoms with Crippen LogP contribution in [0.2, 0.25) is 5.02 Å². The molecule has 2 aromatic rings. The van der Waals surface area contributed by atoms with Crippen LogP contribution in [0.4, 0.5) is 4.39 Å². The summed E-state index contributed by atoms with van der Waals surface area (Å²) in [6.07, 6.45) is 0.0755. The zero-order chi connectivity index (χ0) is 18.4. The fourth-order valence-corrected chi connectivity index (χ4v) is 2.68. The van der Waals surface area contributed by atoms with Crippen LogP contribution in [0.15, 0.2) is 48.5 Å². The Morgan fingerprint density at radius 2 is 1.80 bits per heavy atom. The number of nitrogens with zero attached hydrogens (tertiary/aromatic N) is 1. The lowest BCUT2D eigenvalue weighted by Crippen LogP contribution is -2.47. The van der Waals surface area contributed by atoms with E-state index in [4.69, 9.17) is 11.6 Å². The number of amides is 2. The molecule has 0 spiro atoms. The molecule has 6 heteroatoms. The van der Waals surface area contributed by atoms with E-state index in [9.17, 15) is 14.0 Å². The van der Waals surface area contributed by atoms with Crippen molar-refractivity contribution in [2.24, 2.45) is 0 Å². The lowest BCUT2D eigenvalue weighted by atomic mass is 10.1. The highest BCUT2D eigenvalue weighted by atomic mass is 35.5. The Morgan fingerprint density at radius 1 is 1.16 bits per heavy atom. The second kappa shape index (κ2) is 8.62. The van der Waals surface area contributed by atoms with Crippen molar-refractivity contribution < 1.29 is 14.0 Å². The SMILES string of the molecule is CNC(=O)[C@H](C)N(Cc1ccccc1Cl)C(=O)Cc1ccc(F)cc1. The molecule has 132 valence electrons. The summed E-state index contributed by atoms with van der Waals surface area (Å²) < 4.78 is 13.0. The molecule has 1 N–H and O–H groups in total. The molecule has 4 nitrogen and oxygen atoms in total. The third kappa shape index (κ3) is 5.03. The summed E-state index contributed by atoms with van der Waals surface area (Å²) >= 11 is 6.19. The summed E-state index contributed by atoms with van der Waals surface area (Å²) in [5, 5.41) is 3.09. The number of hydrogen-bond acceptors (Lipinski definition) is 2. The Kier molecular flexibility index (Phi) is 6.53. The maximum absolute atomic E-state index is 13.0. The number of benzene rings is 2. The van der Waals surface area contributed by atoms with Crippen LogP contribution in [0.3, 0.4) is 0 Å². The van der Waals surface area contributed by atoms with Crippen LogP contribution in [0.1, 0.15) is 18.1 Å². The van der Waals surface area contributed by atoms with E-state index in [0.29, 0.717) is 10.6 Å². The van der Waals surface area contributed by atoms with Gasteiger partial charge in [0.15, 0.2) is 0 Å². The second-order valence-corrected chi connectivity index (χ2v) is 6.11. The van der Waals surface area contributed by atoms with Crippen molar-refractivity contribution in [2.75, 3.05) is 7.05 Å². The monoisotopic (exact) mass is 362 g/mol. The Bertz CT molecular complexity index is 749. The normalized spacial score (nSPS) is 11.7. The fourth-order valence-electron chi connectivity index (χ4n) is 2.48. The van der Waals surface area contributed by atoms with E-state index in [1.807, 2.05) is 12.1 Å². The summed E-state index contributed by atoms with van der Waals surface area (Å²) in [6.45, 7) is 1.88. The van der Waals surface area contributed by atoms with Gasteiger partial charge in [-0.25, -0.2) is 4.39 Å². The number of carbonyl (C=O) groups excluding carboxylic acids is 2. The van der Waals surface area contributed by atoms with Gasteiger partial charge >= 0.3 is 0 Å². The zero-order valence-electron chi connectivity index (χ0n) is 14.1. The molecule has 0 unspecified atom stereocenters. The zero-order valence-corrected chi connectivity index (χ0v) is 14.9. The van der Waals surface area contributed by atoms with Gasteiger partial charge in [-0.15, -0.1) is 0 Å². The molecule has 0 aliphatic carbocycles. The van der Waals surface area contributed by atoms with E-state index >= 15 is 0 Å². The number of likely N-dealkylation sites (N-methyl/N-ethyl adjacent to an activating group) is 1. The largest absolute Gasteiger partial charge is 0.357 e. The standard InChI is InChI=1S/C19H20ClFN2O2/c1-13(19(25)22-2)23(12-15-5-3-4-6-17(15)20)18(24)11-14-7-9-16(21)10-8-14/h3-10,13H,11-12H2,1-2H3,(H,22,25)/t13-/m0/s1. The molecule has 0 saturated carbocycles. The van der Waals surface area contributed by atoms with Crippen molar-refractivity contribution in [3.05, 3.63) is 70.5 Å². The predicted octanol–water partition coefficient (Wildman–Crippen LogP) is 3.18. The first kappa shape index (κ1) is 18.9. The molecule has 0 bridgehead atoms. The molecule has 0 saturated heterocycles. The van der Waals surface area contributed by atoms with Gasteiger partial charge in [0.25, 0.3) is 0 Å². The van der Waals surface area contributed by atoms with Crippen LogP contribution in [0, 0.1) is 5.82 Å². The first-order valence-electron chi connectivity index (χ1n) is 7.91. The minimum absolute atomic E-state index is 0.0755. The lowest BCUT2D eigenvalue weighted by Gasteiger charge is -2.28. The molecule has 25 heavy (non-hydrogen) atoms. The van der Waals surface area contributed by atoms with Gasteiger partial charge in [0, 0.05) is 18.6 Å². The number of rotatable bonds is 6. The topological polar surface area (TPSA) is 49.4 Å². The first-order valence-corrected chi connectivity index (χ1v) is 8.29. The molecule has 0 fully saturated rings. The van der Waals surface area contributed by atoms with Crippen LogP contribution >= 0.6 is 11.6 Å². The Hall–Kier alpha value is -2.40. The van der Waals surface area contributed by atoms with Gasteiger partial charge in [-0.3, -0.25) is 9.59 Å². The quantitative estimate of drug-likeness (QED) is 0.858. The van der Waals surface area contributed by atoms with Gasteiger partial charge in [0.05, 0.1) is 6.42 Å². The highest BCUT2D eigenvalue weighted by Gasteiger charge is 2.26. The number of halogens is 2. The van der Waals surface area contributed by atoms with Crippen LogP contribution in [-0.2, 0) is 22.6 Å². The van der Waals surface area contributed by atoms with E-state index in [1.54, 1.807) is 31.2 Å². The van der Waals surface area contributed by atoms with Crippen molar-refractivity contribution in [1.29, 1.82) is 0 Å². The average molecular weight is 363 g/mol. The molecular formula is C19H20ClFN2O2. The van der Waals surface area contributed by atoms with Gasteiger partial charge in [0.2, 0.25) is 11.8 Å². The van der Waals surface area contributed by atoms with Crippen molar-refractivity contribution in [2.45, 2.75) is 25.9 Å². The fraction of sp³-hybridized carbons (Fsp3) is 0.263. The molecule has 0 aliphatic rings. The first-order chi connectivity index (χ1) is 11.9. The summed E-state index contributed by atoms with van der Waals surface area (Å²) in [6, 6.07) is 12.3. The second-order valence-electron chi connectivity index (χ2n) is 5.71. The molecule has 1 atom stereocenters. The third-order valence-corrected chi connectivity index (χ3v) is 4.35. The highest BCUT2D eigenvalue weighted by molar-refractivity contribution is 6.31. The number of hydrogen-bond donors (Lipinski definition) is 1. The number of nitrogens with one attached hydrogen (secondary N) is 1. The summed E-state index contributed by atoms with van der Waals surface area (Å²) in [5.41, 5.74) is 1.44. The molecule has 2 amide bonds. The molecule has 0 aliphatic heterocycles. The van der Waals surface area contributed by atoms with Gasteiger partial charge in [-0.05, 0) is 36.2 Å². The van der Waals surface area contributed by atoms with Crippen molar-refractivity contribution in [3.63, 3.8) is 0 Å². The van der Waals surface area contributed by atoms with Crippen LogP contribution < -0.4 is 5.32 Å². The Labute approximate surface area is 151 Å². The van der Waals surface area contributed by atoms with Crippen molar-refractivity contribution in [1.82, 2.24) is 10.2 Å². The molecule has 2 aromatic carbocycles. The van der Waals surface area contributed by atoms with Crippen molar-refractivity contribution in [3.8, 4) is 0 Å². The van der Waals surface area contributed by atoms with E-state index < -0.39 is 6.04 Å². The third-order valence-electron chi connectivity index (χ3n) is 3.98. The summed E-state index contributed by atoms with van der Waals surface area (Å²) in [5.74, 6) is -0.856. The molecule has 0 aromatic heterocycles. The lowest BCUT2D eigenvalue weighted by molar-refractivity contribution is -0.139. The van der Waals surface area contributed by atoms with E-state index in [-0.39, 0.29) is 30.6 Å². The average Bonchev–Trinajstić information content (AvgIpc) is 2.61. The van der Waals surface area contributed by atoms with Gasteiger partial charge in [0.1, 0.15) is 11.9 Å². The van der Waals surface area contributed by atoms with E-state index in [2.05, 4.69) is 5.32 Å². The van der Waals surface area contributed by atoms with Crippen LogP contribution in [-0.4, -0.2) is 29.8 Å². The van der Waals surface area contributed by atoms with Gasteiger partial charge in [-0.1, -0.05) is 41.9 Å². The maximum Gasteiger partial charge on any atom is 0.242 e. The minimum atomic E-state index is -0.658. The van der Waals surface area contributed by atoms with Crippen LogP contribution in [0.5, 0.6) is 0 Å². The molecular weight excluding hydrogens is 343 g/mol. The molecule has 0 heterocycles. The Morgan fingerprint density at radius 3 is 2.40 bits per heavy atom. The van der Waals surface area contributed by atoms with Crippen LogP contribution in [0.25, 0.3) is 0 Å². The maximum atomic E-state index is 13.0. The predicted molar refractivity (Wildman–Crippen MR) is 95.6 cm³/mol. The minimum Gasteiger partial charge on any atom is -0.357 e. The highest BCUT2D eigenvalue weighted by Crippen LogP contribution is 2.19. The molecule has 0 radical (unpaired) electrons. The summed E-state index contributed by atoms with van der Waals surface area (Å²) in [4.78, 5) is 26.3. The van der Waals surface area contributed by atoms with E-state index in [0.717, 1.165) is 5.56 Å². The smallest absolute Gasteiger partial charge is 0.242 e. The van der Waals surface area contributed by atoms with Crippen molar-refractivity contribution >= 4 is 23.4 Å². The number of carbonyl (C=O) groups is 2. The summed E-state index contributed by atoms with van der Waals surface area (Å²) in [7, 11) is 1.52. The molecule has 2 rings (SSSR count). The van der Waals surface area contributed by atoms with Gasteiger partial charge in [-0.2, -0.15) is 0 Å². The van der Waals surface area contributed by atoms with Gasteiger partial charge < -0.3 is 10.2 Å². The van der Waals surface area contributed by atoms with E-state index in [1.165, 1.54) is 24.1 Å². The Balaban J connectivity index is 2.23.